The summed E-state index contributed by atoms with van der Waals surface area (Å²) >= 11 is 0. The Balaban J connectivity index is 2.09. The number of carbonyl (C=O) groups excluding carboxylic acids is 2. The van der Waals surface area contributed by atoms with Gasteiger partial charge in [0.15, 0.2) is 0 Å². The lowest BCUT2D eigenvalue weighted by molar-refractivity contribution is -0.141. The molecule has 19 heavy (non-hydrogen) atoms. The molecule has 1 saturated heterocycles. The first-order chi connectivity index (χ1) is 8.97. The summed E-state index contributed by atoms with van der Waals surface area (Å²) in [5.74, 6) is -2.32. The van der Waals surface area contributed by atoms with Crippen LogP contribution in [0.1, 0.15) is 22.3 Å². The molecule has 0 radical (unpaired) electrons. The molecule has 0 bridgehead atoms. The summed E-state index contributed by atoms with van der Waals surface area (Å²) in [6.07, 6.45) is 0.0326. The molecule has 6 heteroatoms. The van der Waals surface area contributed by atoms with Gasteiger partial charge in [-0.25, -0.2) is 0 Å². The second-order valence-electron chi connectivity index (χ2n) is 4.58. The third-order valence-electron chi connectivity index (χ3n) is 3.15. The number of benzene rings is 1. The number of amides is 2. The monoisotopic (exact) mass is 262 g/mol. The van der Waals surface area contributed by atoms with Crippen molar-refractivity contribution in [2.24, 2.45) is 11.7 Å². The zero-order valence-electron chi connectivity index (χ0n) is 10.2. The Labute approximate surface area is 109 Å². The van der Waals surface area contributed by atoms with Crippen LogP contribution >= 0.6 is 0 Å². The van der Waals surface area contributed by atoms with Crippen molar-refractivity contribution in [2.75, 3.05) is 6.54 Å². The van der Waals surface area contributed by atoms with Gasteiger partial charge in [-0.2, -0.15) is 0 Å². The molecule has 1 heterocycles. The highest BCUT2D eigenvalue weighted by molar-refractivity contribution is 5.93. The van der Waals surface area contributed by atoms with Crippen LogP contribution in [0.2, 0.25) is 0 Å². The molecule has 2 rings (SSSR count). The van der Waals surface area contributed by atoms with E-state index < -0.39 is 17.8 Å². The van der Waals surface area contributed by atoms with Crippen LogP contribution in [0.3, 0.4) is 0 Å². The van der Waals surface area contributed by atoms with Crippen molar-refractivity contribution in [3.63, 3.8) is 0 Å². The number of carboxylic acids is 1. The molecule has 1 aromatic carbocycles. The number of nitrogens with zero attached hydrogens (tertiary/aromatic N) is 1. The van der Waals surface area contributed by atoms with Gasteiger partial charge in [0, 0.05) is 25.1 Å². The van der Waals surface area contributed by atoms with Crippen molar-refractivity contribution in [3.8, 4) is 0 Å². The Kier molecular flexibility index (Phi) is 3.50. The summed E-state index contributed by atoms with van der Waals surface area (Å²) in [4.78, 5) is 35.1. The lowest BCUT2D eigenvalue weighted by Gasteiger charge is -2.16. The molecule has 0 aromatic heterocycles. The van der Waals surface area contributed by atoms with Gasteiger partial charge in [-0.05, 0) is 17.7 Å². The second-order valence-corrected chi connectivity index (χ2v) is 4.58. The molecule has 1 atom stereocenters. The Morgan fingerprint density at radius 2 is 2.16 bits per heavy atom. The zero-order valence-corrected chi connectivity index (χ0v) is 10.2. The van der Waals surface area contributed by atoms with Gasteiger partial charge in [-0.1, -0.05) is 12.1 Å². The van der Waals surface area contributed by atoms with Gasteiger partial charge in [0.1, 0.15) is 0 Å². The number of nitrogens with two attached hydrogens (primary N) is 1. The summed E-state index contributed by atoms with van der Waals surface area (Å²) < 4.78 is 0. The second kappa shape index (κ2) is 5.09. The number of primary amides is 1. The summed E-state index contributed by atoms with van der Waals surface area (Å²) in [5.41, 5.74) is 6.32. The van der Waals surface area contributed by atoms with Crippen molar-refractivity contribution in [1.82, 2.24) is 4.90 Å². The van der Waals surface area contributed by atoms with Gasteiger partial charge in [0.25, 0.3) is 0 Å². The Hall–Kier alpha value is -2.37. The van der Waals surface area contributed by atoms with Crippen molar-refractivity contribution in [1.29, 1.82) is 0 Å². The number of hydrogen-bond donors (Lipinski definition) is 2. The predicted octanol–water partition coefficient (Wildman–Crippen LogP) is 0.219. The van der Waals surface area contributed by atoms with Crippen molar-refractivity contribution in [3.05, 3.63) is 35.4 Å². The molecule has 0 saturated carbocycles. The van der Waals surface area contributed by atoms with Crippen LogP contribution in [0, 0.1) is 5.92 Å². The lowest BCUT2D eigenvalue weighted by Crippen LogP contribution is -2.26. The minimum atomic E-state index is -0.957. The third kappa shape index (κ3) is 2.90. The topological polar surface area (TPSA) is 101 Å². The summed E-state index contributed by atoms with van der Waals surface area (Å²) in [6.45, 7) is 0.499. The minimum absolute atomic E-state index is 0.0326. The molecule has 6 nitrogen and oxygen atoms in total. The maximum atomic E-state index is 11.7. The fourth-order valence-corrected chi connectivity index (χ4v) is 2.13. The highest BCUT2D eigenvalue weighted by Crippen LogP contribution is 2.20. The van der Waals surface area contributed by atoms with Crippen LogP contribution in [-0.4, -0.2) is 34.3 Å². The number of rotatable bonds is 4. The molecule has 1 aliphatic rings. The zero-order chi connectivity index (χ0) is 14.0. The molecule has 2 amide bonds. The van der Waals surface area contributed by atoms with Crippen molar-refractivity contribution < 1.29 is 19.5 Å². The van der Waals surface area contributed by atoms with Crippen LogP contribution in [0.25, 0.3) is 0 Å². The molecule has 1 fully saturated rings. The third-order valence-corrected chi connectivity index (χ3v) is 3.15. The van der Waals surface area contributed by atoms with E-state index in [2.05, 4.69) is 0 Å². The van der Waals surface area contributed by atoms with Gasteiger partial charge in [-0.3, -0.25) is 14.4 Å². The summed E-state index contributed by atoms with van der Waals surface area (Å²) in [6, 6.07) is 6.67. The Morgan fingerprint density at radius 3 is 2.74 bits per heavy atom. The van der Waals surface area contributed by atoms with E-state index in [0.717, 1.165) is 5.56 Å². The molecule has 100 valence electrons. The fraction of sp³-hybridized carbons (Fsp3) is 0.308. The summed E-state index contributed by atoms with van der Waals surface area (Å²) in [7, 11) is 0. The molecular weight excluding hydrogens is 248 g/mol. The number of carbonyl (C=O) groups is 3. The van der Waals surface area contributed by atoms with Gasteiger partial charge in [-0.15, -0.1) is 0 Å². The van der Waals surface area contributed by atoms with E-state index >= 15 is 0 Å². The van der Waals surface area contributed by atoms with Crippen LogP contribution in [0.4, 0.5) is 0 Å². The number of hydrogen-bond acceptors (Lipinski definition) is 3. The van der Waals surface area contributed by atoms with Gasteiger partial charge in [0.2, 0.25) is 11.8 Å². The lowest BCUT2D eigenvalue weighted by atomic mass is 10.1. The first kappa shape index (κ1) is 13.1. The molecule has 0 spiro atoms. The maximum absolute atomic E-state index is 11.7. The number of likely N-dealkylation sites (tertiary alicyclic amines) is 1. The van der Waals surface area contributed by atoms with Crippen molar-refractivity contribution >= 4 is 17.8 Å². The van der Waals surface area contributed by atoms with E-state index in [9.17, 15) is 14.4 Å². The maximum Gasteiger partial charge on any atom is 0.308 e. The minimum Gasteiger partial charge on any atom is -0.481 e. The first-order valence-electron chi connectivity index (χ1n) is 5.86. The smallest absolute Gasteiger partial charge is 0.308 e. The first-order valence-corrected chi connectivity index (χ1v) is 5.86. The van der Waals surface area contributed by atoms with Gasteiger partial charge >= 0.3 is 5.97 Å². The Morgan fingerprint density at radius 1 is 1.42 bits per heavy atom. The molecule has 3 N–H and O–H groups in total. The van der Waals surface area contributed by atoms with E-state index in [1.54, 1.807) is 24.3 Å². The van der Waals surface area contributed by atoms with Crippen LogP contribution in [0.15, 0.2) is 24.3 Å². The number of carboxylic acid groups (broad SMARTS) is 1. The normalized spacial score (nSPS) is 18.6. The SMILES string of the molecule is NC(=O)c1cccc(CN2CC(C(=O)O)CC2=O)c1. The summed E-state index contributed by atoms with van der Waals surface area (Å²) in [5, 5.41) is 8.89. The van der Waals surface area contributed by atoms with Crippen LogP contribution in [0.5, 0.6) is 0 Å². The molecule has 0 aliphatic carbocycles. The molecule has 1 aromatic rings. The van der Waals surface area contributed by atoms with Gasteiger partial charge in [0.05, 0.1) is 5.92 Å². The van der Waals surface area contributed by atoms with E-state index in [1.807, 2.05) is 0 Å². The number of aliphatic carboxylic acids is 1. The fourth-order valence-electron chi connectivity index (χ4n) is 2.13. The largest absolute Gasteiger partial charge is 0.481 e. The van der Waals surface area contributed by atoms with E-state index in [1.165, 1.54) is 4.90 Å². The Bertz CT molecular complexity index is 541. The quantitative estimate of drug-likeness (QED) is 0.810. The van der Waals surface area contributed by atoms with Gasteiger partial charge < -0.3 is 15.7 Å². The van der Waals surface area contributed by atoms with Crippen LogP contribution < -0.4 is 5.73 Å². The molecule has 1 aliphatic heterocycles. The van der Waals surface area contributed by atoms with Crippen LogP contribution in [-0.2, 0) is 16.1 Å². The van der Waals surface area contributed by atoms with E-state index in [4.69, 9.17) is 10.8 Å². The standard InChI is InChI=1S/C13H14N2O4/c14-12(17)9-3-1-2-8(4-9)6-15-7-10(13(18)19)5-11(15)16/h1-4,10H,5-7H2,(H2,14,17)(H,18,19). The molecule has 1 unspecified atom stereocenters. The van der Waals surface area contributed by atoms with E-state index in [0.29, 0.717) is 12.1 Å². The predicted molar refractivity (Wildman–Crippen MR) is 66.1 cm³/mol. The van der Waals surface area contributed by atoms with E-state index in [-0.39, 0.29) is 18.9 Å². The highest BCUT2D eigenvalue weighted by Gasteiger charge is 2.34. The molecular formula is C13H14N2O4. The average molecular weight is 262 g/mol. The van der Waals surface area contributed by atoms with Crippen molar-refractivity contribution in [2.45, 2.75) is 13.0 Å². The average Bonchev–Trinajstić information content (AvgIpc) is 2.71. The highest BCUT2D eigenvalue weighted by atomic mass is 16.4.